The standard InChI is InChI=1S/C14H16N2O/c1-16-7-6-15-14(16)9-13(17)12-8-10-4-2-3-5-11(10)12/h2-7,12-13,17H,8-9H2,1H3. The van der Waals surface area contributed by atoms with Gasteiger partial charge in [0, 0.05) is 31.8 Å². The van der Waals surface area contributed by atoms with E-state index in [0.717, 1.165) is 12.2 Å². The molecule has 0 saturated carbocycles. The first-order valence-electron chi connectivity index (χ1n) is 5.98. The van der Waals surface area contributed by atoms with Crippen molar-refractivity contribution < 1.29 is 5.11 Å². The van der Waals surface area contributed by atoms with Crippen LogP contribution in [-0.2, 0) is 19.9 Å². The SMILES string of the molecule is Cn1ccnc1CC(O)C1Cc2ccccc21. The van der Waals surface area contributed by atoms with E-state index in [4.69, 9.17) is 0 Å². The van der Waals surface area contributed by atoms with Crippen LogP contribution in [0.2, 0.25) is 0 Å². The van der Waals surface area contributed by atoms with E-state index in [1.165, 1.54) is 11.1 Å². The fourth-order valence-electron chi connectivity index (χ4n) is 2.56. The van der Waals surface area contributed by atoms with E-state index >= 15 is 0 Å². The zero-order chi connectivity index (χ0) is 11.8. The Morgan fingerprint density at radius 2 is 2.29 bits per heavy atom. The van der Waals surface area contributed by atoms with Crippen LogP contribution in [0.3, 0.4) is 0 Å². The van der Waals surface area contributed by atoms with Crippen molar-refractivity contribution in [2.45, 2.75) is 24.9 Å². The van der Waals surface area contributed by atoms with Gasteiger partial charge in [0.2, 0.25) is 0 Å². The fraction of sp³-hybridized carbons (Fsp3) is 0.357. The molecule has 0 radical (unpaired) electrons. The highest BCUT2D eigenvalue weighted by Crippen LogP contribution is 2.37. The molecule has 1 aromatic heterocycles. The molecule has 0 fully saturated rings. The second-order valence-corrected chi connectivity index (χ2v) is 4.74. The molecule has 0 spiro atoms. The normalized spacial score (nSPS) is 19.5. The number of hydrogen-bond donors (Lipinski definition) is 1. The molecule has 2 unspecified atom stereocenters. The van der Waals surface area contributed by atoms with Crippen molar-refractivity contribution in [1.82, 2.24) is 9.55 Å². The quantitative estimate of drug-likeness (QED) is 0.867. The van der Waals surface area contributed by atoms with Crippen molar-refractivity contribution in [2.75, 3.05) is 0 Å². The summed E-state index contributed by atoms with van der Waals surface area (Å²) in [6.45, 7) is 0. The van der Waals surface area contributed by atoms with Gasteiger partial charge in [-0.1, -0.05) is 24.3 Å². The molecule has 3 nitrogen and oxygen atoms in total. The minimum absolute atomic E-state index is 0.280. The van der Waals surface area contributed by atoms with Crippen LogP contribution in [0.25, 0.3) is 0 Å². The highest BCUT2D eigenvalue weighted by atomic mass is 16.3. The van der Waals surface area contributed by atoms with E-state index in [9.17, 15) is 5.11 Å². The topological polar surface area (TPSA) is 38.0 Å². The Kier molecular flexibility index (Phi) is 2.48. The Balaban J connectivity index is 1.74. The number of aliphatic hydroxyl groups excluding tert-OH is 1. The maximum atomic E-state index is 10.3. The van der Waals surface area contributed by atoms with Crippen LogP contribution >= 0.6 is 0 Å². The van der Waals surface area contributed by atoms with E-state index in [0.29, 0.717) is 6.42 Å². The van der Waals surface area contributed by atoms with E-state index in [-0.39, 0.29) is 12.0 Å². The number of benzene rings is 1. The van der Waals surface area contributed by atoms with Gasteiger partial charge in [-0.3, -0.25) is 0 Å². The van der Waals surface area contributed by atoms with Crippen molar-refractivity contribution in [3.05, 3.63) is 53.6 Å². The first-order valence-corrected chi connectivity index (χ1v) is 5.98. The molecular formula is C14H16N2O. The van der Waals surface area contributed by atoms with Gasteiger partial charge in [-0.05, 0) is 17.5 Å². The van der Waals surface area contributed by atoms with Crippen molar-refractivity contribution >= 4 is 0 Å². The first kappa shape index (κ1) is 10.5. The Morgan fingerprint density at radius 3 is 3.00 bits per heavy atom. The van der Waals surface area contributed by atoms with Gasteiger partial charge < -0.3 is 9.67 Å². The minimum atomic E-state index is -0.328. The summed E-state index contributed by atoms with van der Waals surface area (Å²) in [6, 6.07) is 8.35. The average Bonchev–Trinajstić information content (AvgIpc) is 2.66. The van der Waals surface area contributed by atoms with E-state index < -0.39 is 0 Å². The van der Waals surface area contributed by atoms with E-state index in [1.807, 2.05) is 23.9 Å². The second-order valence-electron chi connectivity index (χ2n) is 4.74. The summed E-state index contributed by atoms with van der Waals surface area (Å²) in [5.41, 5.74) is 2.67. The molecule has 3 heteroatoms. The summed E-state index contributed by atoms with van der Waals surface area (Å²) in [4.78, 5) is 4.26. The van der Waals surface area contributed by atoms with Crippen molar-refractivity contribution in [2.24, 2.45) is 7.05 Å². The number of aryl methyl sites for hydroxylation is 1. The van der Waals surface area contributed by atoms with Gasteiger partial charge in [0.15, 0.2) is 0 Å². The maximum Gasteiger partial charge on any atom is 0.110 e. The van der Waals surface area contributed by atoms with Crippen LogP contribution in [-0.4, -0.2) is 20.8 Å². The molecule has 1 aliphatic rings. The molecule has 1 aromatic carbocycles. The summed E-state index contributed by atoms with van der Waals surface area (Å²) < 4.78 is 1.97. The van der Waals surface area contributed by atoms with Gasteiger partial charge in [-0.2, -0.15) is 0 Å². The molecule has 2 atom stereocenters. The molecule has 3 rings (SSSR count). The highest BCUT2D eigenvalue weighted by Gasteiger charge is 2.32. The minimum Gasteiger partial charge on any atom is -0.392 e. The van der Waals surface area contributed by atoms with Crippen LogP contribution in [0, 0.1) is 0 Å². The zero-order valence-corrected chi connectivity index (χ0v) is 9.87. The van der Waals surface area contributed by atoms with Crippen molar-refractivity contribution in [3.63, 3.8) is 0 Å². The Hall–Kier alpha value is -1.61. The van der Waals surface area contributed by atoms with Crippen molar-refractivity contribution in [3.8, 4) is 0 Å². The lowest BCUT2D eigenvalue weighted by Crippen LogP contribution is -2.31. The van der Waals surface area contributed by atoms with E-state index in [2.05, 4.69) is 23.2 Å². The van der Waals surface area contributed by atoms with Gasteiger partial charge in [0.1, 0.15) is 5.82 Å². The zero-order valence-electron chi connectivity index (χ0n) is 9.87. The predicted octanol–water partition coefficient (Wildman–Crippen LogP) is 1.66. The van der Waals surface area contributed by atoms with Crippen LogP contribution < -0.4 is 0 Å². The number of fused-ring (bicyclic) bond motifs is 1. The molecule has 1 heterocycles. The predicted molar refractivity (Wildman–Crippen MR) is 65.8 cm³/mol. The van der Waals surface area contributed by atoms with Crippen LogP contribution in [0.4, 0.5) is 0 Å². The number of rotatable bonds is 3. The smallest absolute Gasteiger partial charge is 0.110 e. The summed E-state index contributed by atoms with van der Waals surface area (Å²) in [5, 5.41) is 10.3. The van der Waals surface area contributed by atoms with E-state index in [1.54, 1.807) is 6.20 Å². The van der Waals surface area contributed by atoms with Gasteiger partial charge in [-0.15, -0.1) is 0 Å². The lowest BCUT2D eigenvalue weighted by Gasteiger charge is -2.33. The number of nitrogens with zero attached hydrogens (tertiary/aromatic N) is 2. The Labute approximate surface area is 101 Å². The number of aromatic nitrogens is 2. The largest absolute Gasteiger partial charge is 0.392 e. The molecule has 0 bridgehead atoms. The van der Waals surface area contributed by atoms with Gasteiger partial charge in [0.05, 0.1) is 6.10 Å². The molecular weight excluding hydrogens is 212 g/mol. The van der Waals surface area contributed by atoms with Crippen LogP contribution in [0.1, 0.15) is 22.9 Å². The van der Waals surface area contributed by atoms with Gasteiger partial charge in [-0.25, -0.2) is 4.98 Å². The van der Waals surface area contributed by atoms with Crippen molar-refractivity contribution in [1.29, 1.82) is 0 Å². The third-order valence-corrected chi connectivity index (χ3v) is 3.67. The molecule has 2 aromatic rings. The second kappa shape index (κ2) is 4.00. The molecule has 17 heavy (non-hydrogen) atoms. The van der Waals surface area contributed by atoms with Crippen LogP contribution in [0.15, 0.2) is 36.7 Å². The lowest BCUT2D eigenvalue weighted by atomic mass is 9.74. The summed E-state index contributed by atoms with van der Waals surface area (Å²) >= 11 is 0. The molecule has 0 amide bonds. The molecule has 0 saturated heterocycles. The Bertz CT molecular complexity index is 533. The lowest BCUT2D eigenvalue weighted by molar-refractivity contribution is 0.130. The summed E-state index contributed by atoms with van der Waals surface area (Å²) in [5.74, 6) is 1.23. The fourth-order valence-corrected chi connectivity index (χ4v) is 2.56. The number of hydrogen-bond acceptors (Lipinski definition) is 2. The summed E-state index contributed by atoms with van der Waals surface area (Å²) in [6.07, 6.45) is 4.98. The van der Waals surface area contributed by atoms with Crippen LogP contribution in [0.5, 0.6) is 0 Å². The first-order chi connectivity index (χ1) is 8.25. The molecule has 1 aliphatic carbocycles. The Morgan fingerprint density at radius 1 is 1.47 bits per heavy atom. The molecule has 88 valence electrons. The highest BCUT2D eigenvalue weighted by molar-refractivity contribution is 5.40. The molecule has 1 N–H and O–H groups in total. The monoisotopic (exact) mass is 228 g/mol. The third kappa shape index (κ3) is 1.76. The average molecular weight is 228 g/mol. The summed E-state index contributed by atoms with van der Waals surface area (Å²) in [7, 11) is 1.96. The number of aliphatic hydroxyl groups is 1. The maximum absolute atomic E-state index is 10.3. The molecule has 0 aliphatic heterocycles. The van der Waals surface area contributed by atoms with Gasteiger partial charge in [0.25, 0.3) is 0 Å². The third-order valence-electron chi connectivity index (χ3n) is 3.67. The van der Waals surface area contributed by atoms with Gasteiger partial charge >= 0.3 is 0 Å². The number of imidazole rings is 1.